The molecule has 106 valence electrons. The van der Waals surface area contributed by atoms with Gasteiger partial charge in [0.1, 0.15) is 5.75 Å². The van der Waals surface area contributed by atoms with E-state index in [1.165, 1.54) is 6.33 Å². The van der Waals surface area contributed by atoms with Gasteiger partial charge in [0.25, 0.3) is 5.56 Å². The largest absolute Gasteiger partial charge is 0.490 e. The van der Waals surface area contributed by atoms with E-state index in [0.717, 1.165) is 23.3 Å². The highest BCUT2D eigenvalue weighted by Gasteiger charge is 2.14. The van der Waals surface area contributed by atoms with E-state index in [9.17, 15) is 4.79 Å². The molecular weight excluding hydrogens is 252 g/mol. The summed E-state index contributed by atoms with van der Waals surface area (Å²) in [6, 6.07) is 7.71. The van der Waals surface area contributed by atoms with E-state index in [1.807, 2.05) is 45.0 Å². The molecule has 20 heavy (non-hydrogen) atoms. The van der Waals surface area contributed by atoms with Gasteiger partial charge in [-0.3, -0.25) is 4.79 Å². The quantitative estimate of drug-likeness (QED) is 0.909. The van der Waals surface area contributed by atoms with E-state index in [4.69, 9.17) is 4.74 Å². The molecule has 0 aliphatic rings. The van der Waals surface area contributed by atoms with Crippen LogP contribution < -0.4 is 10.3 Å². The molecule has 0 saturated heterocycles. The van der Waals surface area contributed by atoms with Gasteiger partial charge in [-0.05, 0) is 32.4 Å². The van der Waals surface area contributed by atoms with Crippen LogP contribution in [0.15, 0.2) is 35.4 Å². The lowest BCUT2D eigenvalue weighted by molar-refractivity contribution is 0.243. The maximum Gasteiger partial charge on any atom is 0.254 e. The second-order valence-corrected chi connectivity index (χ2v) is 4.97. The van der Waals surface area contributed by atoms with Gasteiger partial charge < -0.3 is 9.72 Å². The zero-order valence-corrected chi connectivity index (χ0v) is 12.1. The zero-order valence-electron chi connectivity index (χ0n) is 12.1. The van der Waals surface area contributed by atoms with Gasteiger partial charge in [-0.25, -0.2) is 4.98 Å². The van der Waals surface area contributed by atoms with Crippen LogP contribution in [0.1, 0.15) is 32.8 Å². The first-order valence-electron chi connectivity index (χ1n) is 6.96. The van der Waals surface area contributed by atoms with Gasteiger partial charge in [0.15, 0.2) is 0 Å². The highest BCUT2D eigenvalue weighted by Crippen LogP contribution is 2.30. The Morgan fingerprint density at radius 3 is 2.75 bits per heavy atom. The molecule has 0 unspecified atom stereocenters. The third-order valence-electron chi connectivity index (χ3n) is 2.95. The SMILES string of the molecule is CCCc1c(-c2ccccc2OC(C)C)nc[nH]c1=O. The summed E-state index contributed by atoms with van der Waals surface area (Å²) >= 11 is 0. The van der Waals surface area contributed by atoms with Crippen molar-refractivity contribution >= 4 is 0 Å². The van der Waals surface area contributed by atoms with Crippen LogP contribution in [0.25, 0.3) is 11.3 Å². The summed E-state index contributed by atoms with van der Waals surface area (Å²) in [7, 11) is 0. The number of hydrogen-bond donors (Lipinski definition) is 1. The number of rotatable bonds is 5. The fourth-order valence-electron chi connectivity index (χ4n) is 2.16. The lowest BCUT2D eigenvalue weighted by atomic mass is 10.0. The molecule has 1 aromatic carbocycles. The summed E-state index contributed by atoms with van der Waals surface area (Å²) in [4.78, 5) is 19.0. The molecule has 0 aliphatic carbocycles. The zero-order chi connectivity index (χ0) is 14.5. The molecule has 2 rings (SSSR count). The first-order chi connectivity index (χ1) is 9.63. The van der Waals surface area contributed by atoms with E-state index >= 15 is 0 Å². The third kappa shape index (κ3) is 3.07. The number of nitrogens with zero attached hydrogens (tertiary/aromatic N) is 1. The highest BCUT2D eigenvalue weighted by atomic mass is 16.5. The standard InChI is InChI=1S/C16H20N2O2/c1-4-7-13-15(17-10-18-16(13)19)12-8-5-6-9-14(12)20-11(2)3/h5-6,8-11H,4,7H2,1-3H3,(H,17,18,19). The Hall–Kier alpha value is -2.10. The third-order valence-corrected chi connectivity index (χ3v) is 2.95. The van der Waals surface area contributed by atoms with Gasteiger partial charge in [-0.15, -0.1) is 0 Å². The van der Waals surface area contributed by atoms with Crippen LogP contribution in [0.3, 0.4) is 0 Å². The van der Waals surface area contributed by atoms with Gasteiger partial charge in [-0.2, -0.15) is 0 Å². The number of para-hydroxylation sites is 1. The fraction of sp³-hybridized carbons (Fsp3) is 0.375. The Morgan fingerprint density at radius 2 is 2.05 bits per heavy atom. The van der Waals surface area contributed by atoms with E-state index in [1.54, 1.807) is 0 Å². The molecule has 1 aromatic heterocycles. The Balaban J connectivity index is 2.57. The molecule has 0 radical (unpaired) electrons. The molecule has 2 aromatic rings. The van der Waals surface area contributed by atoms with Crippen molar-refractivity contribution in [3.05, 3.63) is 46.5 Å². The molecule has 0 amide bonds. The van der Waals surface area contributed by atoms with E-state index in [2.05, 4.69) is 9.97 Å². The van der Waals surface area contributed by atoms with E-state index in [-0.39, 0.29) is 11.7 Å². The van der Waals surface area contributed by atoms with Crippen LogP contribution in [-0.4, -0.2) is 16.1 Å². The van der Waals surface area contributed by atoms with Crippen LogP contribution >= 0.6 is 0 Å². The maximum atomic E-state index is 12.0. The summed E-state index contributed by atoms with van der Waals surface area (Å²) in [5.74, 6) is 0.762. The number of ether oxygens (including phenoxy) is 1. The molecule has 4 heteroatoms. The fourth-order valence-corrected chi connectivity index (χ4v) is 2.16. The monoisotopic (exact) mass is 272 g/mol. The van der Waals surface area contributed by atoms with Gasteiger partial charge >= 0.3 is 0 Å². The van der Waals surface area contributed by atoms with Gasteiger partial charge in [0.05, 0.1) is 18.1 Å². The van der Waals surface area contributed by atoms with Crippen LogP contribution in [0.4, 0.5) is 0 Å². The lowest BCUT2D eigenvalue weighted by Crippen LogP contribution is -2.15. The molecule has 0 fully saturated rings. The van der Waals surface area contributed by atoms with Crippen molar-refractivity contribution in [1.29, 1.82) is 0 Å². The average molecular weight is 272 g/mol. The van der Waals surface area contributed by atoms with Gasteiger partial charge in [0.2, 0.25) is 0 Å². The first kappa shape index (κ1) is 14.3. The Morgan fingerprint density at radius 1 is 1.30 bits per heavy atom. The molecule has 0 aliphatic heterocycles. The van der Waals surface area contributed by atoms with E-state index < -0.39 is 0 Å². The highest BCUT2D eigenvalue weighted by molar-refractivity contribution is 5.69. The number of hydrogen-bond acceptors (Lipinski definition) is 3. The van der Waals surface area contributed by atoms with Gasteiger partial charge in [-0.1, -0.05) is 25.5 Å². The summed E-state index contributed by atoms with van der Waals surface area (Å²) < 4.78 is 5.82. The minimum atomic E-state index is -0.0730. The molecule has 0 atom stereocenters. The van der Waals surface area contributed by atoms with Crippen molar-refractivity contribution in [2.24, 2.45) is 0 Å². The smallest absolute Gasteiger partial charge is 0.254 e. The molecule has 4 nitrogen and oxygen atoms in total. The first-order valence-corrected chi connectivity index (χ1v) is 6.96. The maximum absolute atomic E-state index is 12.0. The van der Waals surface area contributed by atoms with Crippen molar-refractivity contribution in [1.82, 2.24) is 9.97 Å². The van der Waals surface area contributed by atoms with Crippen LogP contribution in [0.5, 0.6) is 5.75 Å². The van der Waals surface area contributed by atoms with Crippen molar-refractivity contribution in [2.75, 3.05) is 0 Å². The van der Waals surface area contributed by atoms with Crippen molar-refractivity contribution < 1.29 is 4.74 Å². The normalized spacial score (nSPS) is 10.8. The number of H-pyrrole nitrogens is 1. The molecular formula is C16H20N2O2. The van der Waals surface area contributed by atoms with Gasteiger partial charge in [0, 0.05) is 11.1 Å². The Labute approximate surface area is 118 Å². The second kappa shape index (κ2) is 6.37. The molecule has 0 bridgehead atoms. The predicted octanol–water partition coefficient (Wildman–Crippen LogP) is 3.18. The number of nitrogens with one attached hydrogen (secondary N) is 1. The van der Waals surface area contributed by atoms with Crippen LogP contribution in [-0.2, 0) is 6.42 Å². The summed E-state index contributed by atoms with van der Waals surface area (Å²) in [5, 5.41) is 0. The van der Waals surface area contributed by atoms with Crippen molar-refractivity contribution in [3.63, 3.8) is 0 Å². The lowest BCUT2D eigenvalue weighted by Gasteiger charge is -2.15. The Bertz CT molecular complexity index is 632. The predicted molar refractivity (Wildman–Crippen MR) is 80.1 cm³/mol. The molecule has 1 N–H and O–H groups in total. The van der Waals surface area contributed by atoms with E-state index in [0.29, 0.717) is 12.1 Å². The topological polar surface area (TPSA) is 55.0 Å². The summed E-state index contributed by atoms with van der Waals surface area (Å²) in [5.41, 5.74) is 2.23. The average Bonchev–Trinajstić information content (AvgIpc) is 2.41. The van der Waals surface area contributed by atoms with Crippen LogP contribution in [0, 0.1) is 0 Å². The number of benzene rings is 1. The minimum Gasteiger partial charge on any atom is -0.490 e. The second-order valence-electron chi connectivity index (χ2n) is 4.97. The molecule has 0 saturated carbocycles. The summed E-state index contributed by atoms with van der Waals surface area (Å²) in [6.07, 6.45) is 3.12. The van der Waals surface area contributed by atoms with Crippen molar-refractivity contribution in [2.45, 2.75) is 39.7 Å². The minimum absolute atomic E-state index is 0.0730. The number of aromatic amines is 1. The summed E-state index contributed by atoms with van der Waals surface area (Å²) in [6.45, 7) is 6.01. The number of aromatic nitrogens is 2. The van der Waals surface area contributed by atoms with Crippen molar-refractivity contribution in [3.8, 4) is 17.0 Å². The molecule has 1 heterocycles. The molecule has 0 spiro atoms. The van der Waals surface area contributed by atoms with Crippen LogP contribution in [0.2, 0.25) is 0 Å². The Kier molecular flexibility index (Phi) is 4.56.